The van der Waals surface area contributed by atoms with E-state index in [1.165, 1.54) is 6.20 Å². The van der Waals surface area contributed by atoms with Crippen LogP contribution in [-0.2, 0) is 10.1 Å². The molecule has 104 valence electrons. The van der Waals surface area contributed by atoms with Crippen molar-refractivity contribution in [2.45, 2.75) is 5.51 Å². The van der Waals surface area contributed by atoms with Crippen LogP contribution in [0.25, 0.3) is 11.0 Å². The third kappa shape index (κ3) is 4.34. The number of nitrogens with one attached hydrogen (secondary N) is 1. The number of hydrogen-bond donors (Lipinski definition) is 2. The topological polar surface area (TPSA) is 100 Å². The Morgan fingerprint density at radius 3 is 2.26 bits per heavy atom. The Labute approximate surface area is 104 Å². The van der Waals surface area contributed by atoms with Gasteiger partial charge in [0.25, 0.3) is 5.56 Å². The molecule has 0 spiro atoms. The second-order valence-corrected chi connectivity index (χ2v) is 4.60. The molecule has 0 fully saturated rings. The predicted molar refractivity (Wildman–Crippen MR) is 60.0 cm³/mol. The summed E-state index contributed by atoms with van der Waals surface area (Å²) in [5, 5.41) is 0. The van der Waals surface area contributed by atoms with Crippen LogP contribution in [0.1, 0.15) is 0 Å². The largest absolute Gasteiger partial charge is 0.522 e. The zero-order chi connectivity index (χ0) is 14.7. The molecule has 0 saturated heterocycles. The number of aromatic amines is 1. The maximum absolute atomic E-state index is 10.8. The molecule has 0 aliphatic carbocycles. The molecule has 0 amide bonds. The third-order valence-electron chi connectivity index (χ3n) is 1.78. The average molecular weight is 296 g/mol. The first-order chi connectivity index (χ1) is 8.61. The zero-order valence-electron chi connectivity index (χ0n) is 9.05. The van der Waals surface area contributed by atoms with Gasteiger partial charge >= 0.3 is 15.6 Å². The van der Waals surface area contributed by atoms with Crippen molar-refractivity contribution in [3.63, 3.8) is 0 Å². The van der Waals surface area contributed by atoms with E-state index in [4.69, 9.17) is 13.0 Å². The summed E-state index contributed by atoms with van der Waals surface area (Å²) in [6.07, 6.45) is 1.28. The molecule has 2 rings (SSSR count). The van der Waals surface area contributed by atoms with Crippen LogP contribution in [0.4, 0.5) is 13.2 Å². The Morgan fingerprint density at radius 2 is 1.74 bits per heavy atom. The molecule has 1 heterocycles. The molecule has 1 aromatic heterocycles. The Balaban J connectivity index is 0.000000203. The van der Waals surface area contributed by atoms with Crippen molar-refractivity contribution in [1.29, 1.82) is 0 Å². The van der Waals surface area contributed by atoms with Gasteiger partial charge in [0.2, 0.25) is 0 Å². The lowest BCUT2D eigenvalue weighted by atomic mass is 10.3. The van der Waals surface area contributed by atoms with Gasteiger partial charge in [-0.25, -0.2) is 4.98 Å². The molecule has 2 N–H and O–H groups in total. The Kier molecular flexibility index (Phi) is 4.27. The van der Waals surface area contributed by atoms with Gasteiger partial charge in [-0.3, -0.25) is 9.35 Å². The van der Waals surface area contributed by atoms with Gasteiger partial charge in [0.1, 0.15) is 0 Å². The number of halogens is 3. The zero-order valence-corrected chi connectivity index (χ0v) is 9.86. The van der Waals surface area contributed by atoms with Gasteiger partial charge in [0.15, 0.2) is 0 Å². The summed E-state index contributed by atoms with van der Waals surface area (Å²) in [5.41, 5.74) is -4.11. The van der Waals surface area contributed by atoms with Gasteiger partial charge in [-0.05, 0) is 12.1 Å². The number of aromatic nitrogens is 2. The Bertz CT molecular complexity index is 724. The van der Waals surface area contributed by atoms with Gasteiger partial charge in [-0.2, -0.15) is 21.6 Å². The highest BCUT2D eigenvalue weighted by atomic mass is 32.2. The van der Waals surface area contributed by atoms with E-state index in [1.807, 2.05) is 24.3 Å². The molecule has 0 saturated carbocycles. The molecule has 1 aromatic carbocycles. The first kappa shape index (κ1) is 15.1. The number of H-pyrrole nitrogens is 1. The second-order valence-electron chi connectivity index (χ2n) is 3.19. The van der Waals surface area contributed by atoms with E-state index < -0.39 is 15.6 Å². The van der Waals surface area contributed by atoms with E-state index in [9.17, 15) is 18.0 Å². The first-order valence-electron chi connectivity index (χ1n) is 4.59. The number of hydrogen-bond acceptors (Lipinski definition) is 4. The van der Waals surface area contributed by atoms with Crippen molar-refractivity contribution in [3.05, 3.63) is 40.8 Å². The second kappa shape index (κ2) is 5.36. The van der Waals surface area contributed by atoms with Gasteiger partial charge in [0, 0.05) is 0 Å². The summed E-state index contributed by atoms with van der Waals surface area (Å²) in [7, 11) is -5.84. The lowest BCUT2D eigenvalue weighted by Crippen LogP contribution is -2.21. The quantitative estimate of drug-likeness (QED) is 0.564. The van der Waals surface area contributed by atoms with Crippen LogP contribution in [0.15, 0.2) is 35.3 Å². The summed E-state index contributed by atoms with van der Waals surface area (Å²) >= 11 is 0. The van der Waals surface area contributed by atoms with Crippen LogP contribution in [0.5, 0.6) is 0 Å². The van der Waals surface area contributed by atoms with Crippen molar-refractivity contribution < 1.29 is 26.1 Å². The molecule has 0 radical (unpaired) electrons. The summed E-state index contributed by atoms with van der Waals surface area (Å²) < 4.78 is 57.5. The van der Waals surface area contributed by atoms with Crippen LogP contribution in [0.3, 0.4) is 0 Å². The molecule has 0 aliphatic rings. The van der Waals surface area contributed by atoms with Crippen LogP contribution in [0.2, 0.25) is 0 Å². The number of rotatable bonds is 0. The van der Waals surface area contributed by atoms with E-state index in [-0.39, 0.29) is 5.56 Å². The van der Waals surface area contributed by atoms with Crippen LogP contribution < -0.4 is 5.56 Å². The van der Waals surface area contributed by atoms with E-state index in [0.717, 1.165) is 11.0 Å². The molecule has 2 aromatic rings. The molecular formula is C9H7F3N2O4S. The van der Waals surface area contributed by atoms with Gasteiger partial charge in [-0.1, -0.05) is 12.1 Å². The van der Waals surface area contributed by atoms with Crippen molar-refractivity contribution >= 4 is 21.2 Å². The molecule has 10 heteroatoms. The molecular weight excluding hydrogens is 289 g/mol. The fourth-order valence-corrected chi connectivity index (χ4v) is 0.985. The highest BCUT2D eigenvalue weighted by Crippen LogP contribution is 2.20. The van der Waals surface area contributed by atoms with Crippen molar-refractivity contribution in [1.82, 2.24) is 9.97 Å². The summed E-state index contributed by atoms with van der Waals surface area (Å²) in [4.78, 5) is 17.4. The van der Waals surface area contributed by atoms with Gasteiger partial charge in [-0.15, -0.1) is 0 Å². The van der Waals surface area contributed by atoms with Crippen molar-refractivity contribution in [2.24, 2.45) is 0 Å². The van der Waals surface area contributed by atoms with Gasteiger partial charge < -0.3 is 4.98 Å². The minimum absolute atomic E-state index is 0.163. The number of alkyl halides is 3. The van der Waals surface area contributed by atoms with Crippen LogP contribution >= 0.6 is 0 Å². The lowest BCUT2D eigenvalue weighted by Gasteiger charge is -1.97. The van der Waals surface area contributed by atoms with Crippen molar-refractivity contribution in [2.75, 3.05) is 0 Å². The first-order valence-corrected chi connectivity index (χ1v) is 6.03. The summed E-state index contributed by atoms with van der Waals surface area (Å²) in [6, 6.07) is 7.42. The van der Waals surface area contributed by atoms with Crippen LogP contribution in [0, 0.1) is 0 Å². The van der Waals surface area contributed by atoms with E-state index >= 15 is 0 Å². The minimum atomic E-state index is -5.84. The lowest BCUT2D eigenvalue weighted by molar-refractivity contribution is -0.0510. The fourth-order valence-electron chi connectivity index (χ4n) is 0.985. The normalized spacial score (nSPS) is 11.8. The number of fused-ring (bicyclic) bond motifs is 1. The summed E-state index contributed by atoms with van der Waals surface area (Å²) in [6.45, 7) is 0. The fraction of sp³-hybridized carbons (Fsp3) is 0.111. The van der Waals surface area contributed by atoms with E-state index in [2.05, 4.69) is 9.97 Å². The van der Waals surface area contributed by atoms with E-state index in [1.54, 1.807) is 0 Å². The minimum Gasteiger partial charge on any atom is -0.319 e. The Morgan fingerprint density at radius 1 is 1.21 bits per heavy atom. The molecule has 0 bridgehead atoms. The average Bonchev–Trinajstić information content (AvgIpc) is 2.27. The van der Waals surface area contributed by atoms with Crippen LogP contribution in [-0.4, -0.2) is 28.4 Å². The highest BCUT2D eigenvalue weighted by molar-refractivity contribution is 7.86. The molecule has 0 atom stereocenters. The molecule has 19 heavy (non-hydrogen) atoms. The predicted octanol–water partition coefficient (Wildman–Crippen LogP) is 1.32. The van der Waals surface area contributed by atoms with Crippen molar-refractivity contribution in [3.8, 4) is 0 Å². The van der Waals surface area contributed by atoms with E-state index in [0.29, 0.717) is 0 Å². The molecule has 0 unspecified atom stereocenters. The monoisotopic (exact) mass is 296 g/mol. The molecule has 6 nitrogen and oxygen atoms in total. The number of benzene rings is 1. The third-order valence-corrected chi connectivity index (χ3v) is 2.36. The maximum atomic E-state index is 10.8. The number of nitrogens with zero attached hydrogens (tertiary/aromatic N) is 1. The standard InChI is InChI=1S/C8H6N2O.CHF3O3S/c11-8-5-9-6-3-1-2-4-7(6)10-8;2-1(3,4)8(5,6)7/h1-5H,(H,10,11);(H,5,6,7). The van der Waals surface area contributed by atoms with Gasteiger partial charge in [0.05, 0.1) is 17.2 Å². The number of para-hydroxylation sites is 2. The SMILES string of the molecule is O=S(=O)(O)C(F)(F)F.O=c1cnc2ccccc2[nH]1. The maximum Gasteiger partial charge on any atom is 0.522 e. The smallest absolute Gasteiger partial charge is 0.319 e. The Hall–Kier alpha value is -1.94. The molecule has 0 aliphatic heterocycles. The summed E-state index contributed by atoms with van der Waals surface area (Å²) in [5.74, 6) is 0. The highest BCUT2D eigenvalue weighted by Gasteiger charge is 2.44.